The molecule has 4 heterocycles. The molecule has 0 amide bonds. The molecule has 0 saturated heterocycles. The molecule has 9 aromatic carbocycles. The molecule has 0 unspecified atom stereocenters. The Morgan fingerprint density at radius 1 is 0.368 bits per heavy atom. The van der Waals surface area contributed by atoms with Gasteiger partial charge >= 0.3 is 0 Å². The summed E-state index contributed by atoms with van der Waals surface area (Å²) in [6.45, 7) is 13.7. The van der Waals surface area contributed by atoms with Crippen LogP contribution in [0.1, 0.15) is 52.7 Å². The van der Waals surface area contributed by atoms with Crippen molar-refractivity contribution in [1.29, 1.82) is 0 Å². The lowest BCUT2D eigenvalue weighted by Gasteiger charge is -2.38. The molecule has 2 nitrogen and oxygen atoms in total. The van der Waals surface area contributed by atoms with Crippen LogP contribution in [0.2, 0.25) is 0 Å². The smallest absolute Gasteiger partial charge is 0.123 e. The Labute approximate surface area is 400 Å². The molecule has 0 aliphatic carbocycles. The van der Waals surface area contributed by atoms with Gasteiger partial charge in [-0.15, -0.1) is 22.7 Å². The normalized spacial score (nSPS) is 12.7. The van der Waals surface area contributed by atoms with Crippen LogP contribution in [0.25, 0.3) is 118 Å². The number of nitrogens with zero attached hydrogens (tertiary/aromatic N) is 2. The van der Waals surface area contributed by atoms with E-state index in [0.29, 0.717) is 0 Å². The van der Waals surface area contributed by atoms with Crippen molar-refractivity contribution in [3.63, 3.8) is 0 Å². The van der Waals surface area contributed by atoms with Gasteiger partial charge in [-0.25, -0.2) is 8.78 Å². The average molecular weight is 921 g/mol. The SMILES string of the molecule is CC(C)(C)c1c(-c2cccc(F)c2)c(-n2c3ccccc3c3c4sc5ccccc5c4ccc32)c(-c2cccc(F)c2)c(C(C)(C)C)c1-n1c2ccccc2c2c3sc4ccccc4c3ccc21. The zero-order valence-electron chi connectivity index (χ0n) is 38.6. The lowest BCUT2D eigenvalue weighted by molar-refractivity contribution is 0.565. The van der Waals surface area contributed by atoms with Crippen LogP contribution in [0.5, 0.6) is 0 Å². The van der Waals surface area contributed by atoms with Crippen LogP contribution in [-0.4, -0.2) is 9.13 Å². The highest BCUT2D eigenvalue weighted by Crippen LogP contribution is 2.56. The number of para-hydroxylation sites is 2. The third kappa shape index (κ3) is 5.90. The zero-order valence-corrected chi connectivity index (χ0v) is 40.3. The molecule has 0 atom stereocenters. The second-order valence-electron chi connectivity index (χ2n) is 20.3. The molecule has 0 spiro atoms. The highest BCUT2D eigenvalue weighted by molar-refractivity contribution is 7.27. The van der Waals surface area contributed by atoms with Gasteiger partial charge in [0.05, 0.1) is 33.4 Å². The maximum Gasteiger partial charge on any atom is 0.123 e. The fourth-order valence-corrected chi connectivity index (χ4v) is 14.0. The fourth-order valence-electron chi connectivity index (χ4n) is 11.4. The van der Waals surface area contributed by atoms with E-state index in [4.69, 9.17) is 0 Å². The van der Waals surface area contributed by atoms with Gasteiger partial charge in [-0.1, -0.05) is 151 Å². The largest absolute Gasteiger partial charge is 0.309 e. The Balaban J connectivity index is 1.33. The molecule has 0 saturated carbocycles. The molecule has 0 bridgehead atoms. The van der Waals surface area contributed by atoms with Crippen LogP contribution in [0, 0.1) is 11.6 Å². The Morgan fingerprint density at radius 2 is 0.765 bits per heavy atom. The van der Waals surface area contributed by atoms with Crippen molar-refractivity contribution < 1.29 is 8.78 Å². The fraction of sp³-hybridized carbons (Fsp3) is 0.129. The average Bonchev–Trinajstić information content (AvgIpc) is 4.07. The van der Waals surface area contributed by atoms with E-state index in [1.54, 1.807) is 12.1 Å². The summed E-state index contributed by atoms with van der Waals surface area (Å²) in [7, 11) is 0. The van der Waals surface area contributed by atoms with Crippen LogP contribution in [-0.2, 0) is 10.8 Å². The Bertz CT molecular complexity index is 4170. The van der Waals surface area contributed by atoms with Crippen molar-refractivity contribution in [2.24, 2.45) is 0 Å². The van der Waals surface area contributed by atoms with E-state index in [-0.39, 0.29) is 11.6 Å². The van der Waals surface area contributed by atoms with Crippen LogP contribution in [0.15, 0.2) is 170 Å². The standard InChI is InChI=1S/C62H46F2N2S2/c1-61(2,3)55-51(35-17-15-19-37(63)33-35)57(65-45-25-11-7-23-43(45)53-47(65)31-29-41-39-21-9-13-27-49(39)67-59(41)53)52(36-18-16-20-38(64)34-36)56(62(4,5)6)58(55)66-46-26-12-8-24-44(46)54-48(66)32-30-42-40-22-10-14-28-50(40)68-60(42)54/h7-34H,1-6H3. The number of hydrogen-bond acceptors (Lipinski definition) is 2. The maximum absolute atomic E-state index is 16.2. The predicted octanol–water partition coefficient (Wildman–Crippen LogP) is 18.8. The molecule has 0 N–H and O–H groups in total. The third-order valence-corrected chi connectivity index (χ3v) is 16.4. The number of hydrogen-bond donors (Lipinski definition) is 0. The first-order valence-corrected chi connectivity index (χ1v) is 24.9. The third-order valence-electron chi connectivity index (χ3n) is 14.0. The topological polar surface area (TPSA) is 9.86 Å². The van der Waals surface area contributed by atoms with E-state index >= 15 is 8.78 Å². The highest BCUT2D eigenvalue weighted by Gasteiger charge is 2.39. The van der Waals surface area contributed by atoms with Crippen molar-refractivity contribution in [3.05, 3.63) is 193 Å². The summed E-state index contributed by atoms with van der Waals surface area (Å²) >= 11 is 3.67. The molecule has 0 fully saturated rings. The molecule has 0 radical (unpaired) electrons. The number of rotatable bonds is 4. The van der Waals surface area contributed by atoms with E-state index < -0.39 is 10.8 Å². The van der Waals surface area contributed by atoms with Crippen molar-refractivity contribution in [2.45, 2.75) is 52.4 Å². The molecule has 13 aromatic rings. The lowest BCUT2D eigenvalue weighted by atomic mass is 9.71. The summed E-state index contributed by atoms with van der Waals surface area (Å²) in [5.74, 6) is -0.638. The number of aromatic nitrogens is 2. The van der Waals surface area contributed by atoms with Gasteiger partial charge in [0.2, 0.25) is 0 Å². The van der Waals surface area contributed by atoms with Gasteiger partial charge in [-0.3, -0.25) is 0 Å². The Hall–Kier alpha value is -7.12. The monoisotopic (exact) mass is 920 g/mol. The molecule has 68 heavy (non-hydrogen) atoms. The van der Waals surface area contributed by atoms with Gasteiger partial charge in [-0.2, -0.15) is 0 Å². The highest BCUT2D eigenvalue weighted by atomic mass is 32.1. The van der Waals surface area contributed by atoms with E-state index in [1.807, 2.05) is 34.8 Å². The summed E-state index contributed by atoms with van der Waals surface area (Å²) in [6.07, 6.45) is 0. The molecular weight excluding hydrogens is 875 g/mol. The zero-order chi connectivity index (χ0) is 46.4. The van der Waals surface area contributed by atoms with Gasteiger partial charge in [0.15, 0.2) is 0 Å². The second-order valence-corrected chi connectivity index (χ2v) is 22.4. The van der Waals surface area contributed by atoms with Crippen LogP contribution in [0.3, 0.4) is 0 Å². The molecule has 330 valence electrons. The van der Waals surface area contributed by atoms with Crippen LogP contribution >= 0.6 is 22.7 Å². The second kappa shape index (κ2) is 14.7. The molecule has 0 aliphatic rings. The first kappa shape index (κ1) is 41.1. The van der Waals surface area contributed by atoms with Gasteiger partial charge in [0.25, 0.3) is 0 Å². The van der Waals surface area contributed by atoms with Gasteiger partial charge in [0, 0.05) is 73.0 Å². The molecular formula is C62H46F2N2S2. The summed E-state index contributed by atoms with van der Waals surface area (Å²) in [5, 5.41) is 9.62. The number of halogens is 2. The van der Waals surface area contributed by atoms with Crippen molar-refractivity contribution in [2.75, 3.05) is 0 Å². The molecule has 0 aliphatic heterocycles. The van der Waals surface area contributed by atoms with E-state index in [9.17, 15) is 0 Å². The van der Waals surface area contributed by atoms with Gasteiger partial charge < -0.3 is 9.13 Å². The van der Waals surface area contributed by atoms with E-state index in [1.165, 1.54) is 63.2 Å². The quantitative estimate of drug-likeness (QED) is 0.166. The minimum absolute atomic E-state index is 0.319. The summed E-state index contributed by atoms with van der Waals surface area (Å²) in [5.41, 5.74) is 10.6. The van der Waals surface area contributed by atoms with E-state index in [2.05, 4.69) is 184 Å². The summed E-state index contributed by atoms with van der Waals surface area (Å²) < 4.78 is 42.4. The first-order chi connectivity index (χ1) is 32.9. The summed E-state index contributed by atoms with van der Waals surface area (Å²) in [6, 6.07) is 58.1. The number of benzene rings is 9. The van der Waals surface area contributed by atoms with E-state index in [0.717, 1.165) is 77.6 Å². The molecule has 13 rings (SSSR count). The first-order valence-electron chi connectivity index (χ1n) is 23.3. The Morgan fingerprint density at radius 3 is 1.19 bits per heavy atom. The predicted molar refractivity (Wildman–Crippen MR) is 289 cm³/mol. The Kier molecular flexibility index (Phi) is 8.88. The minimum atomic E-state index is -0.525. The minimum Gasteiger partial charge on any atom is -0.309 e. The van der Waals surface area contributed by atoms with Crippen LogP contribution in [0.4, 0.5) is 8.78 Å². The van der Waals surface area contributed by atoms with Gasteiger partial charge in [0.1, 0.15) is 11.6 Å². The number of fused-ring (bicyclic) bond motifs is 14. The lowest BCUT2D eigenvalue weighted by Crippen LogP contribution is -2.26. The van der Waals surface area contributed by atoms with Crippen molar-refractivity contribution >= 4 is 107 Å². The van der Waals surface area contributed by atoms with Crippen LogP contribution < -0.4 is 0 Å². The molecule has 6 heteroatoms. The summed E-state index contributed by atoms with van der Waals surface area (Å²) in [4.78, 5) is 0. The van der Waals surface area contributed by atoms with Gasteiger partial charge in [-0.05, 0) is 93.7 Å². The van der Waals surface area contributed by atoms with Crippen molar-refractivity contribution in [1.82, 2.24) is 9.13 Å². The van der Waals surface area contributed by atoms with Crippen molar-refractivity contribution in [3.8, 4) is 33.6 Å². The number of thiophene rings is 2. The molecule has 4 aromatic heterocycles. The maximum atomic E-state index is 16.2.